The first kappa shape index (κ1) is 21.6. The molecular weight excluding hydrogens is 395 g/mol. The summed E-state index contributed by atoms with van der Waals surface area (Å²) in [7, 11) is 0. The number of benzene rings is 1. The number of ketones is 1. The smallest absolute Gasteiger partial charge is 0.303 e. The fraction of sp³-hybridized carbons (Fsp3) is 0.652. The summed E-state index contributed by atoms with van der Waals surface area (Å²) in [4.78, 5) is 25.0. The van der Waals surface area contributed by atoms with E-state index in [0.717, 1.165) is 49.7 Å². The summed E-state index contributed by atoms with van der Waals surface area (Å²) in [6.07, 6.45) is 9.00. The molecule has 154 valence electrons. The van der Waals surface area contributed by atoms with Gasteiger partial charge in [0.2, 0.25) is 0 Å². The molecule has 2 atom stereocenters. The Morgan fingerprint density at radius 2 is 1.93 bits per heavy atom. The van der Waals surface area contributed by atoms with E-state index in [-0.39, 0.29) is 23.5 Å². The van der Waals surface area contributed by atoms with Gasteiger partial charge in [-0.15, -0.1) is 0 Å². The number of carbonyl (C=O) groups excluding carboxylic acids is 1. The van der Waals surface area contributed by atoms with Crippen molar-refractivity contribution in [2.24, 2.45) is 11.3 Å². The number of hydrogen-bond acceptors (Lipinski definition) is 2. The zero-order chi connectivity index (χ0) is 20.5. The summed E-state index contributed by atoms with van der Waals surface area (Å²) >= 11 is 13.2. The van der Waals surface area contributed by atoms with Gasteiger partial charge in [-0.05, 0) is 55.1 Å². The van der Waals surface area contributed by atoms with E-state index in [9.17, 15) is 14.7 Å². The Morgan fingerprint density at radius 1 is 1.25 bits per heavy atom. The standard InChI is InChI=1S/C23H30Cl2O3/c1-3-5-10-23(16-8-6-7-9-16)13-15-11-17(14(4-2)12-18(26)27)20(24)21(25)19(15)22(23)28/h11,14,16H,3-10,12-13H2,1-2H3,(H,26,27). The maximum atomic E-state index is 13.7. The molecule has 2 aliphatic carbocycles. The van der Waals surface area contributed by atoms with E-state index in [0.29, 0.717) is 27.9 Å². The molecule has 0 bridgehead atoms. The third-order valence-electron chi connectivity index (χ3n) is 6.97. The molecule has 5 heteroatoms. The van der Waals surface area contributed by atoms with Crippen molar-refractivity contribution in [3.05, 3.63) is 32.8 Å². The fourth-order valence-electron chi connectivity index (χ4n) is 5.44. The molecule has 0 aromatic heterocycles. The number of carboxylic acids is 1. The quantitative estimate of drug-likeness (QED) is 0.485. The fourth-order valence-corrected chi connectivity index (χ4v) is 6.06. The highest BCUT2D eigenvalue weighted by atomic mass is 35.5. The van der Waals surface area contributed by atoms with Gasteiger partial charge in [-0.3, -0.25) is 9.59 Å². The van der Waals surface area contributed by atoms with Gasteiger partial charge < -0.3 is 5.11 Å². The average Bonchev–Trinajstić information content (AvgIpc) is 3.29. The van der Waals surface area contributed by atoms with E-state index in [4.69, 9.17) is 23.2 Å². The zero-order valence-electron chi connectivity index (χ0n) is 16.8. The second kappa shape index (κ2) is 8.75. The van der Waals surface area contributed by atoms with Crippen molar-refractivity contribution in [3.8, 4) is 0 Å². The van der Waals surface area contributed by atoms with Gasteiger partial charge >= 0.3 is 5.97 Å². The molecule has 28 heavy (non-hydrogen) atoms. The molecule has 0 heterocycles. The van der Waals surface area contributed by atoms with Crippen LogP contribution in [-0.2, 0) is 11.2 Å². The monoisotopic (exact) mass is 424 g/mol. The Labute approximate surface area is 177 Å². The number of unbranched alkanes of at least 4 members (excludes halogenated alkanes) is 1. The summed E-state index contributed by atoms with van der Waals surface area (Å²) in [5, 5.41) is 9.96. The van der Waals surface area contributed by atoms with Crippen LogP contribution in [0.5, 0.6) is 0 Å². The molecule has 0 spiro atoms. The molecule has 3 nitrogen and oxygen atoms in total. The minimum Gasteiger partial charge on any atom is -0.481 e. The van der Waals surface area contributed by atoms with Crippen LogP contribution in [0.15, 0.2) is 6.07 Å². The van der Waals surface area contributed by atoms with Gasteiger partial charge in [-0.1, -0.05) is 68.8 Å². The Kier molecular flexibility index (Phi) is 6.76. The van der Waals surface area contributed by atoms with Gasteiger partial charge in [0, 0.05) is 11.0 Å². The molecule has 1 saturated carbocycles. The molecule has 1 fully saturated rings. The van der Waals surface area contributed by atoms with Crippen molar-refractivity contribution in [2.45, 2.75) is 84.0 Å². The zero-order valence-corrected chi connectivity index (χ0v) is 18.3. The number of carboxylic acid groups (broad SMARTS) is 1. The molecule has 1 N–H and O–H groups in total. The van der Waals surface area contributed by atoms with Crippen LogP contribution in [0, 0.1) is 11.3 Å². The Hall–Kier alpha value is -1.06. The van der Waals surface area contributed by atoms with Crippen molar-refractivity contribution >= 4 is 35.0 Å². The molecule has 2 aliphatic rings. The lowest BCUT2D eigenvalue weighted by Gasteiger charge is -2.34. The first-order chi connectivity index (χ1) is 13.4. The van der Waals surface area contributed by atoms with E-state index in [1.54, 1.807) is 0 Å². The highest BCUT2D eigenvalue weighted by Crippen LogP contribution is 2.54. The molecule has 3 rings (SSSR count). The second-order valence-corrected chi connectivity index (χ2v) is 9.33. The first-order valence-corrected chi connectivity index (χ1v) is 11.4. The van der Waals surface area contributed by atoms with Crippen LogP contribution < -0.4 is 0 Å². The number of carbonyl (C=O) groups is 2. The summed E-state index contributed by atoms with van der Waals surface area (Å²) in [5.74, 6) is -0.454. The van der Waals surface area contributed by atoms with Gasteiger partial charge in [0.25, 0.3) is 0 Å². The largest absolute Gasteiger partial charge is 0.481 e. The van der Waals surface area contributed by atoms with Crippen LogP contribution in [0.3, 0.4) is 0 Å². The van der Waals surface area contributed by atoms with E-state index >= 15 is 0 Å². The number of aliphatic carboxylic acids is 1. The van der Waals surface area contributed by atoms with E-state index in [2.05, 4.69) is 6.92 Å². The summed E-state index contributed by atoms with van der Waals surface area (Å²) in [6, 6.07) is 1.99. The minimum atomic E-state index is -0.848. The normalized spacial score (nSPS) is 23.2. The Bertz CT molecular complexity index is 768. The van der Waals surface area contributed by atoms with Crippen molar-refractivity contribution in [1.29, 1.82) is 0 Å². The highest BCUT2D eigenvalue weighted by Gasteiger charge is 2.51. The second-order valence-electron chi connectivity index (χ2n) is 8.58. The van der Waals surface area contributed by atoms with Crippen LogP contribution in [0.25, 0.3) is 0 Å². The van der Waals surface area contributed by atoms with Gasteiger partial charge in [-0.25, -0.2) is 0 Å². The van der Waals surface area contributed by atoms with Gasteiger partial charge in [0.15, 0.2) is 5.78 Å². The number of halogens is 2. The molecule has 0 radical (unpaired) electrons. The van der Waals surface area contributed by atoms with Crippen LogP contribution in [0.1, 0.15) is 99.0 Å². The SMILES string of the molecule is CCCCC1(C2CCCC2)Cc2cc(C(CC)CC(=O)O)c(Cl)c(Cl)c2C1=O. The lowest BCUT2D eigenvalue weighted by Crippen LogP contribution is -2.35. The summed E-state index contributed by atoms with van der Waals surface area (Å²) < 4.78 is 0. The van der Waals surface area contributed by atoms with Gasteiger partial charge in [0.05, 0.1) is 16.5 Å². The number of rotatable bonds is 8. The first-order valence-electron chi connectivity index (χ1n) is 10.6. The van der Waals surface area contributed by atoms with Gasteiger partial charge in [0.1, 0.15) is 0 Å². The minimum absolute atomic E-state index is 0.0168. The van der Waals surface area contributed by atoms with Crippen LogP contribution >= 0.6 is 23.2 Å². The maximum Gasteiger partial charge on any atom is 0.303 e. The van der Waals surface area contributed by atoms with Crippen molar-refractivity contribution in [3.63, 3.8) is 0 Å². The molecular formula is C23H30Cl2O3. The lowest BCUT2D eigenvalue weighted by atomic mass is 9.68. The van der Waals surface area contributed by atoms with Crippen LogP contribution in [0.4, 0.5) is 0 Å². The molecule has 0 amide bonds. The Morgan fingerprint density at radius 3 is 2.50 bits per heavy atom. The number of Topliss-reactive ketones (excluding diaryl/α,β-unsaturated/α-hetero) is 1. The molecule has 1 aromatic rings. The Balaban J connectivity index is 2.06. The predicted octanol–water partition coefficient (Wildman–Crippen LogP) is 7.07. The van der Waals surface area contributed by atoms with Crippen molar-refractivity contribution in [2.75, 3.05) is 0 Å². The molecule has 2 unspecified atom stereocenters. The predicted molar refractivity (Wildman–Crippen MR) is 114 cm³/mol. The summed E-state index contributed by atoms with van der Waals surface area (Å²) in [6.45, 7) is 4.12. The maximum absolute atomic E-state index is 13.7. The number of fused-ring (bicyclic) bond motifs is 1. The third-order valence-corrected chi connectivity index (χ3v) is 7.85. The third kappa shape index (κ3) is 3.73. The summed E-state index contributed by atoms with van der Waals surface area (Å²) in [5.41, 5.74) is 2.00. The van der Waals surface area contributed by atoms with Crippen molar-refractivity contribution in [1.82, 2.24) is 0 Å². The number of hydrogen-bond donors (Lipinski definition) is 1. The van der Waals surface area contributed by atoms with Crippen molar-refractivity contribution < 1.29 is 14.7 Å². The van der Waals surface area contributed by atoms with E-state index < -0.39 is 5.97 Å². The lowest BCUT2D eigenvalue weighted by molar-refractivity contribution is -0.137. The van der Waals surface area contributed by atoms with E-state index in [1.807, 2.05) is 13.0 Å². The highest BCUT2D eigenvalue weighted by molar-refractivity contribution is 6.45. The van der Waals surface area contributed by atoms with Crippen LogP contribution in [-0.4, -0.2) is 16.9 Å². The van der Waals surface area contributed by atoms with Gasteiger partial charge in [-0.2, -0.15) is 0 Å². The molecule has 0 aliphatic heterocycles. The average molecular weight is 425 g/mol. The molecule has 0 saturated heterocycles. The van der Waals surface area contributed by atoms with E-state index in [1.165, 1.54) is 12.8 Å². The topological polar surface area (TPSA) is 54.4 Å². The molecule has 1 aromatic carbocycles. The van der Waals surface area contributed by atoms with Crippen LogP contribution in [0.2, 0.25) is 10.0 Å².